The number of nitrogens with zero attached hydrogens (tertiary/aromatic N) is 3. The van der Waals surface area contributed by atoms with Gasteiger partial charge in [0.2, 0.25) is 0 Å². The maximum absolute atomic E-state index is 14.1. The largest absolute Gasteiger partial charge is 0.369 e. The summed E-state index contributed by atoms with van der Waals surface area (Å²) in [4.78, 5) is 20.8. The van der Waals surface area contributed by atoms with E-state index in [0.29, 0.717) is 41.7 Å². The Kier molecular flexibility index (Phi) is 3.91. The van der Waals surface area contributed by atoms with Crippen molar-refractivity contribution in [3.05, 3.63) is 34.9 Å². The molecule has 1 aliphatic heterocycles. The lowest BCUT2D eigenvalue weighted by Gasteiger charge is -2.50. The Morgan fingerprint density at radius 2 is 1.93 bits per heavy atom. The summed E-state index contributed by atoms with van der Waals surface area (Å²) in [5, 5.41) is 9.51. The average molecular weight is 391 g/mol. The summed E-state index contributed by atoms with van der Waals surface area (Å²) in [5.41, 5.74) is 7.87. The van der Waals surface area contributed by atoms with Gasteiger partial charge >= 0.3 is 0 Å². The van der Waals surface area contributed by atoms with Crippen molar-refractivity contribution < 1.29 is 4.79 Å². The third-order valence-corrected chi connectivity index (χ3v) is 8.40. The molecule has 0 aromatic heterocycles. The number of amides is 1. The first-order valence-corrected chi connectivity index (χ1v) is 11.0. The monoisotopic (exact) mass is 390 g/mol. The van der Waals surface area contributed by atoms with E-state index in [1.54, 1.807) is 4.90 Å². The molecule has 1 aromatic carbocycles. The van der Waals surface area contributed by atoms with Crippen molar-refractivity contribution in [3.63, 3.8) is 0 Å². The zero-order chi connectivity index (χ0) is 20.6. The van der Waals surface area contributed by atoms with Gasteiger partial charge in [-0.15, -0.1) is 0 Å². The van der Waals surface area contributed by atoms with Crippen LogP contribution in [-0.2, 0) is 16.8 Å². The van der Waals surface area contributed by atoms with E-state index in [9.17, 15) is 10.1 Å². The maximum Gasteiger partial charge on any atom is 0.262 e. The molecule has 3 aliphatic carbocycles. The van der Waals surface area contributed by atoms with Crippen LogP contribution in [0.5, 0.6) is 0 Å². The number of hydrogen-bond donors (Lipinski definition) is 1. The van der Waals surface area contributed by atoms with E-state index in [0.717, 1.165) is 43.2 Å². The molecule has 1 aromatic rings. The fourth-order valence-corrected chi connectivity index (χ4v) is 6.44. The van der Waals surface area contributed by atoms with E-state index in [-0.39, 0.29) is 11.3 Å². The lowest BCUT2D eigenvalue weighted by molar-refractivity contribution is -0.139. The van der Waals surface area contributed by atoms with Crippen molar-refractivity contribution in [2.24, 2.45) is 39.8 Å². The van der Waals surface area contributed by atoms with Crippen LogP contribution < -0.4 is 5.73 Å². The number of nitrogens with two attached hydrogens (primary N) is 1. The lowest BCUT2D eigenvalue weighted by atomic mass is 9.55. The summed E-state index contributed by atoms with van der Waals surface area (Å²) in [6.45, 7) is 7.64. The molecule has 2 saturated carbocycles. The van der Waals surface area contributed by atoms with E-state index in [4.69, 9.17) is 10.7 Å². The standard InChI is InChI=1S/C24H30N4O/c1-14-9-23(10-15(2)16(14)3)11-19-7-6-18(12-25)8-20(19)24(23)21(29)28(22(26)27-24)13-17-4-5-17/h6-8,14-17H,4-5,9-11,13H2,1-3H3,(H2,26,27)/t14-,15+,16+,23+,24-/m1/s1. The van der Waals surface area contributed by atoms with Gasteiger partial charge in [0, 0.05) is 12.0 Å². The van der Waals surface area contributed by atoms with Crippen LogP contribution in [0.4, 0.5) is 0 Å². The van der Waals surface area contributed by atoms with Gasteiger partial charge in [0.25, 0.3) is 5.91 Å². The van der Waals surface area contributed by atoms with Gasteiger partial charge < -0.3 is 5.73 Å². The summed E-state index contributed by atoms with van der Waals surface area (Å²) in [6.07, 6.45) is 5.10. The van der Waals surface area contributed by atoms with Crippen LogP contribution in [0.25, 0.3) is 0 Å². The third-order valence-electron chi connectivity index (χ3n) is 8.40. The van der Waals surface area contributed by atoms with Gasteiger partial charge in [0.05, 0.1) is 11.6 Å². The van der Waals surface area contributed by atoms with Gasteiger partial charge in [-0.3, -0.25) is 9.69 Å². The molecule has 4 aliphatic rings. The van der Waals surface area contributed by atoms with Gasteiger partial charge in [-0.2, -0.15) is 5.26 Å². The number of aliphatic imine (C=N–C) groups is 1. The zero-order valence-corrected chi connectivity index (χ0v) is 17.6. The van der Waals surface area contributed by atoms with Gasteiger partial charge in [0.15, 0.2) is 11.5 Å². The van der Waals surface area contributed by atoms with E-state index in [2.05, 4.69) is 26.8 Å². The SMILES string of the molecule is C[C@H]1[C@H](C)C[C@@]2(Cc3ccc(C#N)cc3[C@]23N=C(N)N(CC2CC2)C3=O)C[C@@H]1C. The fourth-order valence-electron chi connectivity index (χ4n) is 6.44. The molecule has 29 heavy (non-hydrogen) atoms. The van der Waals surface area contributed by atoms with Crippen molar-refractivity contribution in [2.75, 3.05) is 6.54 Å². The van der Waals surface area contributed by atoms with Gasteiger partial charge in [-0.1, -0.05) is 26.8 Å². The quantitative estimate of drug-likeness (QED) is 0.838. The van der Waals surface area contributed by atoms with E-state index >= 15 is 0 Å². The Bertz CT molecular complexity index is 944. The molecule has 0 radical (unpaired) electrons. The first-order valence-electron chi connectivity index (χ1n) is 11.0. The molecule has 5 rings (SSSR count). The van der Waals surface area contributed by atoms with Crippen molar-refractivity contribution in [2.45, 2.75) is 58.4 Å². The number of nitriles is 1. The molecule has 2 spiro atoms. The van der Waals surface area contributed by atoms with Crippen LogP contribution in [-0.4, -0.2) is 23.3 Å². The van der Waals surface area contributed by atoms with Crippen LogP contribution in [0.2, 0.25) is 0 Å². The fraction of sp³-hybridized carbons (Fsp3) is 0.625. The number of carbonyl (C=O) groups excluding carboxylic acids is 1. The van der Waals surface area contributed by atoms with E-state index in [1.165, 1.54) is 0 Å². The molecule has 5 heteroatoms. The lowest BCUT2D eigenvalue weighted by Crippen LogP contribution is -2.54. The van der Waals surface area contributed by atoms with Gasteiger partial charge in [0.1, 0.15) is 0 Å². The second-order valence-corrected chi connectivity index (χ2v) is 10.2. The highest BCUT2D eigenvalue weighted by Crippen LogP contribution is 2.64. The first-order chi connectivity index (χ1) is 13.8. The van der Waals surface area contributed by atoms with Crippen LogP contribution in [0, 0.1) is 40.4 Å². The first kappa shape index (κ1) is 18.7. The summed E-state index contributed by atoms with van der Waals surface area (Å²) < 4.78 is 0. The topological polar surface area (TPSA) is 82.5 Å². The molecule has 5 nitrogen and oxygen atoms in total. The number of guanidine groups is 1. The van der Waals surface area contributed by atoms with Crippen molar-refractivity contribution in [3.8, 4) is 6.07 Å². The Balaban J connectivity index is 1.69. The number of rotatable bonds is 2. The summed E-state index contributed by atoms with van der Waals surface area (Å²) in [5.74, 6) is 2.62. The van der Waals surface area contributed by atoms with E-state index in [1.807, 2.05) is 18.2 Å². The van der Waals surface area contributed by atoms with Gasteiger partial charge in [-0.05, 0) is 79.0 Å². The molecular weight excluding hydrogens is 360 g/mol. The Hall–Kier alpha value is -2.35. The minimum Gasteiger partial charge on any atom is -0.369 e. The normalized spacial score (nSPS) is 38.4. The predicted molar refractivity (Wildman–Crippen MR) is 112 cm³/mol. The molecular formula is C24H30N4O. The smallest absolute Gasteiger partial charge is 0.262 e. The molecule has 2 N–H and O–H groups in total. The molecule has 2 fully saturated rings. The van der Waals surface area contributed by atoms with Gasteiger partial charge in [-0.25, -0.2) is 4.99 Å². The van der Waals surface area contributed by atoms with Crippen LogP contribution in [0.1, 0.15) is 63.1 Å². The molecule has 152 valence electrons. The maximum atomic E-state index is 14.1. The molecule has 0 bridgehead atoms. The molecule has 1 heterocycles. The van der Waals surface area contributed by atoms with Crippen LogP contribution >= 0.6 is 0 Å². The summed E-state index contributed by atoms with van der Waals surface area (Å²) >= 11 is 0. The second kappa shape index (κ2) is 6.08. The highest BCUT2D eigenvalue weighted by Gasteiger charge is 2.68. The van der Waals surface area contributed by atoms with Crippen molar-refractivity contribution >= 4 is 11.9 Å². The minimum atomic E-state index is -0.961. The second-order valence-electron chi connectivity index (χ2n) is 10.2. The number of hydrogen-bond acceptors (Lipinski definition) is 4. The Morgan fingerprint density at radius 3 is 2.55 bits per heavy atom. The van der Waals surface area contributed by atoms with E-state index < -0.39 is 5.54 Å². The van der Waals surface area contributed by atoms with Crippen LogP contribution in [0.15, 0.2) is 23.2 Å². The highest BCUT2D eigenvalue weighted by atomic mass is 16.2. The summed E-state index contributed by atoms with van der Waals surface area (Å²) in [7, 11) is 0. The molecule has 0 saturated heterocycles. The van der Waals surface area contributed by atoms with Crippen molar-refractivity contribution in [1.29, 1.82) is 5.26 Å². The number of carbonyl (C=O) groups is 1. The number of benzene rings is 1. The molecule has 0 unspecified atom stereocenters. The van der Waals surface area contributed by atoms with Crippen molar-refractivity contribution in [1.82, 2.24) is 4.90 Å². The third kappa shape index (κ3) is 2.44. The average Bonchev–Trinajstić information content (AvgIpc) is 3.43. The number of fused-ring (bicyclic) bond motifs is 3. The molecule has 5 atom stereocenters. The summed E-state index contributed by atoms with van der Waals surface area (Å²) in [6, 6.07) is 8.08. The van der Waals surface area contributed by atoms with Crippen LogP contribution in [0.3, 0.4) is 0 Å². The highest BCUT2D eigenvalue weighted by molar-refractivity contribution is 6.08. The Morgan fingerprint density at radius 1 is 1.24 bits per heavy atom. The zero-order valence-electron chi connectivity index (χ0n) is 17.6. The Labute approximate surface area is 173 Å². The minimum absolute atomic E-state index is 0.0460. The molecule has 1 amide bonds. The predicted octanol–water partition coefficient (Wildman–Crippen LogP) is 3.57.